The first kappa shape index (κ1) is 19.4. The highest BCUT2D eigenvalue weighted by molar-refractivity contribution is 7.89. The first-order chi connectivity index (χ1) is 14.1. The Morgan fingerprint density at radius 2 is 1.79 bits per heavy atom. The van der Waals surface area contributed by atoms with E-state index in [1.807, 2.05) is 30.3 Å². The summed E-state index contributed by atoms with van der Waals surface area (Å²) in [6.07, 6.45) is 3.28. The molecule has 0 spiro atoms. The Hall–Kier alpha value is -2.97. The fourth-order valence-corrected chi connectivity index (χ4v) is 4.95. The van der Waals surface area contributed by atoms with E-state index in [1.54, 1.807) is 31.4 Å². The predicted molar refractivity (Wildman–Crippen MR) is 112 cm³/mol. The molecular weight excluding hydrogens is 388 g/mol. The summed E-state index contributed by atoms with van der Waals surface area (Å²) in [4.78, 5) is 8.88. The van der Waals surface area contributed by atoms with Crippen LogP contribution in [0.25, 0.3) is 11.3 Å². The molecule has 1 aliphatic rings. The Morgan fingerprint density at radius 3 is 2.59 bits per heavy atom. The highest BCUT2D eigenvalue weighted by Gasteiger charge is 2.27. The van der Waals surface area contributed by atoms with Crippen LogP contribution in [-0.2, 0) is 10.0 Å². The lowest BCUT2D eigenvalue weighted by molar-refractivity contribution is 0.416. The van der Waals surface area contributed by atoms with Gasteiger partial charge in [0.05, 0.1) is 17.7 Å². The van der Waals surface area contributed by atoms with Gasteiger partial charge in [0.1, 0.15) is 17.9 Å². The molecule has 0 amide bonds. The van der Waals surface area contributed by atoms with Gasteiger partial charge in [-0.1, -0.05) is 18.2 Å². The van der Waals surface area contributed by atoms with E-state index in [0.29, 0.717) is 30.3 Å². The van der Waals surface area contributed by atoms with Crippen molar-refractivity contribution in [3.05, 3.63) is 60.9 Å². The first-order valence-electron chi connectivity index (χ1n) is 9.40. The van der Waals surface area contributed by atoms with Gasteiger partial charge in [-0.3, -0.25) is 0 Å². The van der Waals surface area contributed by atoms with Crippen molar-refractivity contribution in [3.8, 4) is 17.0 Å². The smallest absolute Gasteiger partial charge is 0.243 e. The van der Waals surface area contributed by atoms with E-state index < -0.39 is 10.0 Å². The number of hydrogen-bond acceptors (Lipinski definition) is 6. The normalized spacial score (nSPS) is 14.7. The second-order valence-electron chi connectivity index (χ2n) is 6.75. The van der Waals surface area contributed by atoms with Crippen LogP contribution in [0.15, 0.2) is 65.8 Å². The zero-order valence-corrected chi connectivity index (χ0v) is 16.9. The average Bonchev–Trinajstić information content (AvgIpc) is 3.30. The van der Waals surface area contributed by atoms with Gasteiger partial charge in [-0.25, -0.2) is 18.4 Å². The van der Waals surface area contributed by atoms with Crippen molar-refractivity contribution in [2.24, 2.45) is 0 Å². The lowest BCUT2D eigenvalue weighted by Gasteiger charge is -2.16. The van der Waals surface area contributed by atoms with E-state index in [-0.39, 0.29) is 4.90 Å². The molecule has 150 valence electrons. The summed E-state index contributed by atoms with van der Waals surface area (Å²) in [6.45, 7) is 1.16. The minimum Gasteiger partial charge on any atom is -0.496 e. The first-order valence-corrected chi connectivity index (χ1v) is 10.8. The van der Waals surface area contributed by atoms with E-state index in [1.165, 1.54) is 10.6 Å². The molecule has 4 rings (SSSR count). The van der Waals surface area contributed by atoms with Crippen molar-refractivity contribution >= 4 is 21.5 Å². The van der Waals surface area contributed by atoms with Crippen LogP contribution in [0, 0.1) is 0 Å². The van der Waals surface area contributed by atoms with E-state index in [2.05, 4.69) is 15.3 Å². The summed E-state index contributed by atoms with van der Waals surface area (Å²) in [6, 6.07) is 16.2. The van der Waals surface area contributed by atoms with E-state index >= 15 is 0 Å². The highest BCUT2D eigenvalue weighted by atomic mass is 32.2. The molecule has 1 N–H and O–H groups in total. The molecule has 0 radical (unpaired) electrons. The van der Waals surface area contributed by atoms with Crippen LogP contribution in [0.1, 0.15) is 12.8 Å². The summed E-state index contributed by atoms with van der Waals surface area (Å²) in [5.41, 5.74) is 2.21. The maximum atomic E-state index is 12.8. The van der Waals surface area contributed by atoms with Crippen molar-refractivity contribution in [1.82, 2.24) is 14.3 Å². The molecule has 1 aromatic heterocycles. The van der Waals surface area contributed by atoms with Crippen LogP contribution < -0.4 is 10.1 Å². The quantitative estimate of drug-likeness (QED) is 0.667. The molecule has 1 saturated heterocycles. The third-order valence-corrected chi connectivity index (χ3v) is 6.75. The maximum Gasteiger partial charge on any atom is 0.243 e. The molecule has 0 unspecified atom stereocenters. The lowest BCUT2D eigenvalue weighted by Crippen LogP contribution is -2.27. The van der Waals surface area contributed by atoms with Crippen LogP contribution in [0.5, 0.6) is 5.75 Å². The molecule has 1 fully saturated rings. The SMILES string of the molecule is COc1ccccc1-c1cc(Nc2cccc(S(=O)(=O)N3CCCC3)c2)ncn1. The molecule has 2 aromatic carbocycles. The zero-order chi connectivity index (χ0) is 20.3. The van der Waals surface area contributed by atoms with E-state index in [9.17, 15) is 8.42 Å². The van der Waals surface area contributed by atoms with Gasteiger partial charge in [0.25, 0.3) is 0 Å². The number of benzene rings is 2. The Kier molecular flexibility index (Phi) is 5.46. The van der Waals surface area contributed by atoms with Gasteiger partial charge in [-0.15, -0.1) is 0 Å². The number of nitrogens with zero attached hydrogens (tertiary/aromatic N) is 3. The summed E-state index contributed by atoms with van der Waals surface area (Å²) >= 11 is 0. The number of sulfonamides is 1. The second-order valence-corrected chi connectivity index (χ2v) is 8.69. The highest BCUT2D eigenvalue weighted by Crippen LogP contribution is 2.30. The molecular formula is C21H22N4O3S. The number of para-hydroxylation sites is 1. The molecule has 8 heteroatoms. The molecule has 0 bridgehead atoms. The summed E-state index contributed by atoms with van der Waals surface area (Å²) in [7, 11) is -1.85. The van der Waals surface area contributed by atoms with Gasteiger partial charge in [0.2, 0.25) is 10.0 Å². The van der Waals surface area contributed by atoms with Gasteiger partial charge in [-0.2, -0.15) is 4.31 Å². The monoisotopic (exact) mass is 410 g/mol. The van der Waals surface area contributed by atoms with Crippen LogP contribution in [0.4, 0.5) is 11.5 Å². The van der Waals surface area contributed by atoms with Crippen molar-refractivity contribution in [3.63, 3.8) is 0 Å². The number of ether oxygens (including phenoxy) is 1. The van der Waals surface area contributed by atoms with Gasteiger partial charge >= 0.3 is 0 Å². The lowest BCUT2D eigenvalue weighted by atomic mass is 10.1. The number of hydrogen-bond donors (Lipinski definition) is 1. The number of aromatic nitrogens is 2. The predicted octanol–water partition coefficient (Wildman–Crippen LogP) is 3.68. The number of rotatable bonds is 6. The van der Waals surface area contributed by atoms with Gasteiger partial charge < -0.3 is 10.1 Å². The standard InChI is InChI=1S/C21H22N4O3S/c1-28-20-10-3-2-9-18(20)19-14-21(23-15-22-19)24-16-7-6-8-17(13-16)29(26,27)25-11-4-5-12-25/h2-3,6-10,13-15H,4-5,11-12H2,1H3,(H,22,23,24). The maximum absolute atomic E-state index is 12.8. The molecule has 0 aliphatic carbocycles. The molecule has 29 heavy (non-hydrogen) atoms. The van der Waals surface area contributed by atoms with Gasteiger partial charge in [0.15, 0.2) is 0 Å². The van der Waals surface area contributed by atoms with Crippen LogP contribution in [-0.4, -0.2) is 42.9 Å². The molecule has 0 atom stereocenters. The fraction of sp³-hybridized carbons (Fsp3) is 0.238. The molecule has 0 saturated carbocycles. The van der Waals surface area contributed by atoms with Crippen molar-refractivity contribution in [2.75, 3.05) is 25.5 Å². The largest absolute Gasteiger partial charge is 0.496 e. The minimum absolute atomic E-state index is 0.281. The Balaban J connectivity index is 1.60. The van der Waals surface area contributed by atoms with Gasteiger partial charge in [0, 0.05) is 30.4 Å². The van der Waals surface area contributed by atoms with Crippen LogP contribution in [0.2, 0.25) is 0 Å². The zero-order valence-electron chi connectivity index (χ0n) is 16.1. The number of methoxy groups -OCH3 is 1. The van der Waals surface area contributed by atoms with Crippen molar-refractivity contribution < 1.29 is 13.2 Å². The third-order valence-electron chi connectivity index (χ3n) is 4.86. The van der Waals surface area contributed by atoms with Crippen molar-refractivity contribution in [2.45, 2.75) is 17.7 Å². The summed E-state index contributed by atoms with van der Waals surface area (Å²) in [5, 5.41) is 3.18. The van der Waals surface area contributed by atoms with Crippen molar-refractivity contribution in [1.29, 1.82) is 0 Å². The minimum atomic E-state index is -3.47. The topological polar surface area (TPSA) is 84.4 Å². The van der Waals surface area contributed by atoms with Crippen LogP contribution in [0.3, 0.4) is 0 Å². The molecule has 7 nitrogen and oxygen atoms in total. The molecule has 2 heterocycles. The molecule has 3 aromatic rings. The average molecular weight is 410 g/mol. The Labute approximate surface area is 170 Å². The number of anilines is 2. The van der Waals surface area contributed by atoms with Gasteiger partial charge in [-0.05, 0) is 43.2 Å². The Bertz CT molecular complexity index is 1110. The van der Waals surface area contributed by atoms with E-state index in [4.69, 9.17) is 4.74 Å². The summed E-state index contributed by atoms with van der Waals surface area (Å²) < 4.78 is 32.6. The Morgan fingerprint density at radius 1 is 1.00 bits per heavy atom. The number of nitrogens with one attached hydrogen (secondary N) is 1. The fourth-order valence-electron chi connectivity index (χ4n) is 3.39. The second kappa shape index (κ2) is 8.18. The molecule has 1 aliphatic heterocycles. The van der Waals surface area contributed by atoms with E-state index in [0.717, 1.165) is 24.2 Å². The summed E-state index contributed by atoms with van der Waals surface area (Å²) in [5.74, 6) is 1.28. The third kappa shape index (κ3) is 4.08. The van der Waals surface area contributed by atoms with Crippen LogP contribution >= 0.6 is 0 Å².